The van der Waals surface area contributed by atoms with E-state index >= 15 is 0 Å². The Kier molecular flexibility index (Phi) is 1.97. The number of thiazole rings is 1. The Hall–Kier alpha value is -1.07. The molecule has 12 heavy (non-hydrogen) atoms. The molecule has 2 aromatic heterocycles. The van der Waals surface area contributed by atoms with Gasteiger partial charge in [0.15, 0.2) is 5.65 Å². The molecule has 4 nitrogen and oxygen atoms in total. The molecule has 0 spiro atoms. The van der Waals surface area contributed by atoms with Crippen molar-refractivity contribution in [2.45, 2.75) is 6.42 Å². The van der Waals surface area contributed by atoms with Crippen LogP contribution in [0.2, 0.25) is 0 Å². The average molecular weight is 181 g/mol. The summed E-state index contributed by atoms with van der Waals surface area (Å²) in [6, 6.07) is 0. The monoisotopic (exact) mass is 181 g/mol. The molecule has 0 aliphatic rings. The summed E-state index contributed by atoms with van der Waals surface area (Å²) in [6.45, 7) is 0.0790. The maximum absolute atomic E-state index is 8.64. The Balaban J connectivity index is 2.46. The van der Waals surface area contributed by atoms with Gasteiger partial charge in [-0.1, -0.05) is 0 Å². The van der Waals surface area contributed by atoms with Crippen LogP contribution in [0.5, 0.6) is 0 Å². The van der Waals surface area contributed by atoms with Gasteiger partial charge < -0.3 is 5.11 Å². The van der Waals surface area contributed by atoms with Crippen LogP contribution in [0, 0.1) is 0 Å². The first-order valence-corrected chi connectivity index (χ1v) is 4.44. The van der Waals surface area contributed by atoms with E-state index in [-0.39, 0.29) is 6.61 Å². The normalized spacial score (nSPS) is 10.8. The molecule has 0 aliphatic carbocycles. The van der Waals surface area contributed by atoms with Crippen LogP contribution in [-0.4, -0.2) is 26.7 Å². The van der Waals surface area contributed by atoms with Crippen LogP contribution in [0.4, 0.5) is 0 Å². The van der Waals surface area contributed by atoms with Gasteiger partial charge >= 0.3 is 0 Å². The van der Waals surface area contributed by atoms with Crippen molar-refractivity contribution in [2.75, 3.05) is 6.61 Å². The molecule has 0 atom stereocenters. The van der Waals surface area contributed by atoms with Crippen LogP contribution in [0.3, 0.4) is 0 Å². The van der Waals surface area contributed by atoms with E-state index in [0.717, 1.165) is 10.3 Å². The Bertz CT molecular complexity index is 387. The molecule has 2 rings (SSSR count). The zero-order valence-electron chi connectivity index (χ0n) is 6.27. The van der Waals surface area contributed by atoms with Crippen molar-refractivity contribution in [1.29, 1.82) is 0 Å². The van der Waals surface area contributed by atoms with Gasteiger partial charge in [0.05, 0.1) is 23.0 Å². The molecule has 0 unspecified atom stereocenters. The second-order valence-electron chi connectivity index (χ2n) is 2.30. The standard InChI is InChI=1S/C7H7N3OS/c11-2-1-6-8-3-5-7(10-6)9-4-12-5/h3-4,11H,1-2H2. The maximum atomic E-state index is 8.64. The molecule has 0 radical (unpaired) electrons. The molecular formula is C7H7N3OS. The summed E-state index contributed by atoms with van der Waals surface area (Å²) in [5, 5.41) is 8.64. The van der Waals surface area contributed by atoms with E-state index in [4.69, 9.17) is 5.11 Å². The first kappa shape index (κ1) is 7.57. The van der Waals surface area contributed by atoms with Crippen LogP contribution in [-0.2, 0) is 6.42 Å². The van der Waals surface area contributed by atoms with Crippen molar-refractivity contribution in [3.8, 4) is 0 Å². The molecule has 0 amide bonds. The second-order valence-corrected chi connectivity index (χ2v) is 3.19. The summed E-state index contributed by atoms with van der Waals surface area (Å²) >= 11 is 1.52. The van der Waals surface area contributed by atoms with Crippen molar-refractivity contribution in [3.05, 3.63) is 17.5 Å². The van der Waals surface area contributed by atoms with Crippen molar-refractivity contribution in [2.24, 2.45) is 0 Å². The zero-order chi connectivity index (χ0) is 8.39. The molecule has 0 saturated carbocycles. The smallest absolute Gasteiger partial charge is 0.173 e. The fraction of sp³-hybridized carbons (Fsp3) is 0.286. The molecule has 62 valence electrons. The number of aromatic nitrogens is 3. The average Bonchev–Trinajstić information content (AvgIpc) is 2.51. The number of hydrogen-bond acceptors (Lipinski definition) is 5. The van der Waals surface area contributed by atoms with Gasteiger partial charge in [0.1, 0.15) is 5.82 Å². The molecule has 0 aliphatic heterocycles. The van der Waals surface area contributed by atoms with Crippen LogP contribution in [0.1, 0.15) is 5.82 Å². The lowest BCUT2D eigenvalue weighted by Crippen LogP contribution is -1.97. The number of hydrogen-bond donors (Lipinski definition) is 1. The largest absolute Gasteiger partial charge is 0.396 e. The minimum Gasteiger partial charge on any atom is -0.396 e. The Morgan fingerprint density at radius 2 is 2.33 bits per heavy atom. The van der Waals surface area contributed by atoms with E-state index in [2.05, 4.69) is 15.0 Å². The van der Waals surface area contributed by atoms with Crippen LogP contribution in [0.15, 0.2) is 11.7 Å². The lowest BCUT2D eigenvalue weighted by Gasteiger charge is -1.93. The minimum absolute atomic E-state index is 0.0790. The van der Waals surface area contributed by atoms with E-state index in [1.807, 2.05) is 0 Å². The Morgan fingerprint density at radius 3 is 3.17 bits per heavy atom. The number of aliphatic hydroxyl groups is 1. The highest BCUT2D eigenvalue weighted by atomic mass is 32.1. The highest BCUT2D eigenvalue weighted by Crippen LogP contribution is 2.13. The van der Waals surface area contributed by atoms with E-state index in [9.17, 15) is 0 Å². The van der Waals surface area contributed by atoms with Crippen molar-refractivity contribution < 1.29 is 5.11 Å². The SMILES string of the molecule is OCCc1ncc2scnc2n1. The Labute approximate surface area is 72.9 Å². The summed E-state index contributed by atoms with van der Waals surface area (Å²) in [4.78, 5) is 12.3. The van der Waals surface area contributed by atoms with E-state index < -0.39 is 0 Å². The van der Waals surface area contributed by atoms with Crippen LogP contribution >= 0.6 is 11.3 Å². The zero-order valence-corrected chi connectivity index (χ0v) is 7.08. The number of nitrogens with zero attached hydrogens (tertiary/aromatic N) is 3. The molecule has 1 N–H and O–H groups in total. The fourth-order valence-electron chi connectivity index (χ4n) is 0.926. The third-order valence-electron chi connectivity index (χ3n) is 1.48. The maximum Gasteiger partial charge on any atom is 0.173 e. The fourth-order valence-corrected chi connectivity index (χ4v) is 1.51. The van der Waals surface area contributed by atoms with Gasteiger partial charge in [0, 0.05) is 6.42 Å². The summed E-state index contributed by atoms with van der Waals surface area (Å²) in [5.74, 6) is 0.649. The molecule has 2 heterocycles. The third-order valence-corrected chi connectivity index (χ3v) is 2.23. The third kappa shape index (κ3) is 1.28. The van der Waals surface area contributed by atoms with E-state index in [1.54, 1.807) is 11.7 Å². The molecule has 2 aromatic rings. The topological polar surface area (TPSA) is 58.9 Å². The lowest BCUT2D eigenvalue weighted by atomic mass is 10.4. The van der Waals surface area contributed by atoms with E-state index in [1.165, 1.54) is 11.3 Å². The Morgan fingerprint density at radius 1 is 1.42 bits per heavy atom. The molecule has 0 aromatic carbocycles. The highest BCUT2D eigenvalue weighted by Gasteiger charge is 2.00. The van der Waals surface area contributed by atoms with E-state index in [0.29, 0.717) is 12.2 Å². The van der Waals surface area contributed by atoms with Gasteiger partial charge in [-0.25, -0.2) is 15.0 Å². The highest BCUT2D eigenvalue weighted by molar-refractivity contribution is 7.16. The predicted octanol–water partition coefficient (Wildman–Crippen LogP) is 0.621. The number of rotatable bonds is 2. The van der Waals surface area contributed by atoms with Gasteiger partial charge in [0.2, 0.25) is 0 Å². The van der Waals surface area contributed by atoms with Gasteiger partial charge in [0.25, 0.3) is 0 Å². The molecule has 0 bridgehead atoms. The van der Waals surface area contributed by atoms with Crippen LogP contribution in [0.25, 0.3) is 10.3 Å². The summed E-state index contributed by atoms with van der Waals surface area (Å²) in [6.07, 6.45) is 2.23. The quantitative estimate of drug-likeness (QED) is 0.737. The van der Waals surface area contributed by atoms with Crippen LogP contribution < -0.4 is 0 Å². The summed E-state index contributed by atoms with van der Waals surface area (Å²) < 4.78 is 0.983. The number of aliphatic hydroxyl groups excluding tert-OH is 1. The lowest BCUT2D eigenvalue weighted by molar-refractivity contribution is 0.296. The van der Waals surface area contributed by atoms with Gasteiger partial charge in [-0.2, -0.15) is 0 Å². The van der Waals surface area contributed by atoms with Gasteiger partial charge in [-0.15, -0.1) is 11.3 Å². The van der Waals surface area contributed by atoms with Gasteiger partial charge in [-0.3, -0.25) is 0 Å². The minimum atomic E-state index is 0.0790. The predicted molar refractivity (Wildman–Crippen MR) is 46.0 cm³/mol. The molecule has 5 heteroatoms. The molecule has 0 saturated heterocycles. The molecular weight excluding hydrogens is 174 g/mol. The summed E-state index contributed by atoms with van der Waals surface area (Å²) in [5.41, 5.74) is 2.46. The van der Waals surface area contributed by atoms with Crippen molar-refractivity contribution in [1.82, 2.24) is 15.0 Å². The molecule has 0 fully saturated rings. The summed E-state index contributed by atoms with van der Waals surface area (Å²) in [7, 11) is 0. The second kappa shape index (κ2) is 3.12. The first-order valence-electron chi connectivity index (χ1n) is 3.56. The van der Waals surface area contributed by atoms with Crippen molar-refractivity contribution in [3.63, 3.8) is 0 Å². The first-order chi connectivity index (χ1) is 5.90. The van der Waals surface area contributed by atoms with Crippen molar-refractivity contribution >= 4 is 21.7 Å². The number of fused-ring (bicyclic) bond motifs is 1. The van der Waals surface area contributed by atoms with Gasteiger partial charge in [-0.05, 0) is 0 Å².